The minimum atomic E-state index is -0.829. The maximum atomic E-state index is 10.8. The van der Waals surface area contributed by atoms with E-state index < -0.39 is 11.2 Å². The smallest absolute Gasteiger partial charge is 0.152 e. The van der Waals surface area contributed by atoms with Gasteiger partial charge in [0, 0.05) is 0 Å². The van der Waals surface area contributed by atoms with Crippen LogP contribution in [0.15, 0.2) is 35.2 Å². The van der Waals surface area contributed by atoms with Crippen LogP contribution in [-0.4, -0.2) is 10.8 Å². The van der Waals surface area contributed by atoms with Crippen LogP contribution in [0, 0.1) is 0 Å². The van der Waals surface area contributed by atoms with Gasteiger partial charge in [0.05, 0.1) is 0 Å². The van der Waals surface area contributed by atoms with E-state index in [0.29, 0.717) is 0 Å². The molecule has 0 aliphatic heterocycles. The molecular weight excluding hydrogens is 132 g/mol. The summed E-state index contributed by atoms with van der Waals surface area (Å²) in [4.78, 5) is 0.887. The predicted octanol–water partition coefficient (Wildman–Crippen LogP) is 1.42. The van der Waals surface area contributed by atoms with Gasteiger partial charge in [0.25, 0.3) is 0 Å². The lowest BCUT2D eigenvalue weighted by atomic mass is 10.4. The highest BCUT2D eigenvalue weighted by Gasteiger charge is 1.98. The van der Waals surface area contributed by atoms with E-state index in [-0.39, 0.29) is 0 Å². The molecule has 1 rings (SSSR count). The molecule has 0 aliphatic rings. The van der Waals surface area contributed by atoms with Crippen molar-refractivity contribution in [3.05, 3.63) is 30.3 Å². The third-order valence-corrected chi connectivity index (χ3v) is 2.01. The summed E-state index contributed by atoms with van der Waals surface area (Å²) in [5, 5.41) is 0. The first-order valence-corrected chi connectivity index (χ1v) is 4.25. The topological polar surface area (TPSA) is 23.1 Å². The monoisotopic (exact) mass is 140 g/mol. The maximum absolute atomic E-state index is 10.8. The number of hydrogen-bond donors (Lipinski definition) is 0. The van der Waals surface area contributed by atoms with Crippen LogP contribution in [0.25, 0.3) is 0 Å². The van der Waals surface area contributed by atoms with Crippen LogP contribution in [0.1, 0.15) is 0 Å². The van der Waals surface area contributed by atoms with Crippen molar-refractivity contribution < 1.29 is 4.55 Å². The fraction of sp³-hybridized carbons (Fsp3) is 0.143. The Morgan fingerprint density at radius 1 is 1.22 bits per heavy atom. The van der Waals surface area contributed by atoms with Gasteiger partial charge in [0.2, 0.25) is 0 Å². The van der Waals surface area contributed by atoms with Crippen molar-refractivity contribution in [1.82, 2.24) is 0 Å². The molecule has 0 spiro atoms. The second kappa shape index (κ2) is 2.90. The van der Waals surface area contributed by atoms with Crippen LogP contribution < -0.4 is 0 Å². The lowest BCUT2D eigenvalue weighted by Gasteiger charge is -2.01. The third kappa shape index (κ3) is 1.73. The van der Waals surface area contributed by atoms with Gasteiger partial charge in [0.1, 0.15) is 6.26 Å². The molecule has 1 aromatic rings. The van der Waals surface area contributed by atoms with E-state index in [4.69, 9.17) is 0 Å². The summed E-state index contributed by atoms with van der Waals surface area (Å²) in [6.45, 7) is 0. The first-order valence-electron chi connectivity index (χ1n) is 2.69. The fourth-order valence-corrected chi connectivity index (χ4v) is 1.15. The summed E-state index contributed by atoms with van der Waals surface area (Å²) >= 11 is -0.829. The molecule has 0 aliphatic carbocycles. The van der Waals surface area contributed by atoms with Gasteiger partial charge in [-0.25, -0.2) is 0 Å². The summed E-state index contributed by atoms with van der Waals surface area (Å²) in [6.07, 6.45) is 1.68. The molecule has 0 fully saturated rings. The van der Waals surface area contributed by atoms with Crippen molar-refractivity contribution in [2.75, 3.05) is 6.26 Å². The van der Waals surface area contributed by atoms with E-state index in [2.05, 4.69) is 0 Å². The SMILES string of the molecule is C[S@+]([O-])c1ccccc1. The molecule has 0 saturated carbocycles. The van der Waals surface area contributed by atoms with Crippen molar-refractivity contribution in [2.45, 2.75) is 4.90 Å². The van der Waals surface area contributed by atoms with E-state index in [1.165, 1.54) is 0 Å². The Hall–Kier alpha value is -0.470. The molecule has 9 heavy (non-hydrogen) atoms. The molecular formula is C7H8OS. The van der Waals surface area contributed by atoms with E-state index in [0.717, 1.165) is 4.90 Å². The van der Waals surface area contributed by atoms with Gasteiger partial charge in [-0.2, -0.15) is 0 Å². The molecule has 0 amide bonds. The highest BCUT2D eigenvalue weighted by atomic mass is 32.2. The lowest BCUT2D eigenvalue weighted by Crippen LogP contribution is -1.95. The van der Waals surface area contributed by atoms with Crippen molar-refractivity contribution >= 4 is 11.2 Å². The maximum Gasteiger partial charge on any atom is 0.152 e. The highest BCUT2D eigenvalue weighted by Crippen LogP contribution is 2.05. The average molecular weight is 140 g/mol. The van der Waals surface area contributed by atoms with Gasteiger partial charge in [-0.1, -0.05) is 18.2 Å². The molecule has 0 saturated heterocycles. The van der Waals surface area contributed by atoms with Gasteiger partial charge in [-0.05, 0) is 23.3 Å². The Morgan fingerprint density at radius 3 is 2.11 bits per heavy atom. The van der Waals surface area contributed by atoms with Crippen molar-refractivity contribution in [1.29, 1.82) is 0 Å². The molecule has 1 atom stereocenters. The average Bonchev–Trinajstić information content (AvgIpc) is 1.90. The number of benzene rings is 1. The summed E-state index contributed by atoms with van der Waals surface area (Å²) in [6, 6.07) is 9.40. The van der Waals surface area contributed by atoms with Crippen LogP contribution in [0.5, 0.6) is 0 Å². The minimum absolute atomic E-state index is 0.829. The summed E-state index contributed by atoms with van der Waals surface area (Å²) in [5.41, 5.74) is 0. The van der Waals surface area contributed by atoms with Crippen molar-refractivity contribution in [3.8, 4) is 0 Å². The molecule has 2 heteroatoms. The van der Waals surface area contributed by atoms with E-state index in [1.807, 2.05) is 30.3 Å². The molecule has 0 heterocycles. The largest absolute Gasteiger partial charge is 0.612 e. The van der Waals surface area contributed by atoms with Gasteiger partial charge in [-0.3, -0.25) is 0 Å². The summed E-state index contributed by atoms with van der Waals surface area (Å²) in [5.74, 6) is 0. The van der Waals surface area contributed by atoms with Crippen LogP contribution in [-0.2, 0) is 11.2 Å². The van der Waals surface area contributed by atoms with Crippen LogP contribution >= 0.6 is 0 Å². The predicted molar refractivity (Wildman–Crippen MR) is 38.8 cm³/mol. The highest BCUT2D eigenvalue weighted by molar-refractivity contribution is 7.90. The Bertz CT molecular complexity index is 172. The van der Waals surface area contributed by atoms with Gasteiger partial charge < -0.3 is 4.55 Å². The van der Waals surface area contributed by atoms with Gasteiger partial charge in [0.15, 0.2) is 4.90 Å². The Morgan fingerprint density at radius 2 is 1.78 bits per heavy atom. The quantitative estimate of drug-likeness (QED) is 0.541. The molecule has 0 bridgehead atoms. The molecule has 48 valence electrons. The first-order chi connectivity index (χ1) is 4.30. The summed E-state index contributed by atoms with van der Waals surface area (Å²) in [7, 11) is 0. The first kappa shape index (κ1) is 6.65. The van der Waals surface area contributed by atoms with Gasteiger partial charge in [-0.15, -0.1) is 0 Å². The minimum Gasteiger partial charge on any atom is -0.612 e. The van der Waals surface area contributed by atoms with E-state index in [9.17, 15) is 4.55 Å². The Labute approximate surface area is 57.9 Å². The molecule has 1 aromatic carbocycles. The van der Waals surface area contributed by atoms with Crippen LogP contribution in [0.2, 0.25) is 0 Å². The lowest BCUT2D eigenvalue weighted by molar-refractivity contribution is 0.601. The second-order valence-corrected chi connectivity index (χ2v) is 3.15. The second-order valence-electron chi connectivity index (χ2n) is 1.77. The molecule has 0 N–H and O–H groups in total. The molecule has 0 unspecified atom stereocenters. The molecule has 0 radical (unpaired) electrons. The summed E-state index contributed by atoms with van der Waals surface area (Å²) < 4.78 is 10.8. The fourth-order valence-electron chi connectivity index (χ4n) is 0.612. The molecule has 0 aromatic heterocycles. The number of rotatable bonds is 1. The molecule has 1 nitrogen and oxygen atoms in total. The van der Waals surface area contributed by atoms with Crippen LogP contribution in [0.4, 0.5) is 0 Å². The zero-order valence-corrected chi connectivity index (χ0v) is 6.02. The third-order valence-electron chi connectivity index (χ3n) is 1.08. The number of hydrogen-bond acceptors (Lipinski definition) is 1. The van der Waals surface area contributed by atoms with Crippen LogP contribution in [0.3, 0.4) is 0 Å². The van der Waals surface area contributed by atoms with E-state index >= 15 is 0 Å². The van der Waals surface area contributed by atoms with Crippen molar-refractivity contribution in [3.63, 3.8) is 0 Å². The zero-order chi connectivity index (χ0) is 6.69. The Kier molecular flexibility index (Phi) is 2.14. The van der Waals surface area contributed by atoms with Gasteiger partial charge >= 0.3 is 0 Å². The normalized spacial score (nSPS) is 13.1. The zero-order valence-electron chi connectivity index (χ0n) is 5.20. The standard InChI is InChI=1S/C7H8OS/c1-9(8)7-5-3-2-4-6-7/h2-6H,1H3/t9-/m0/s1. The Balaban J connectivity index is 2.85. The van der Waals surface area contributed by atoms with E-state index in [1.54, 1.807) is 6.26 Å². The van der Waals surface area contributed by atoms with Crippen molar-refractivity contribution in [2.24, 2.45) is 0 Å².